The summed E-state index contributed by atoms with van der Waals surface area (Å²) in [5, 5.41) is 0. The van der Waals surface area contributed by atoms with Gasteiger partial charge in [0.15, 0.2) is 23.1 Å². The summed E-state index contributed by atoms with van der Waals surface area (Å²) in [7, 11) is 0. The minimum atomic E-state index is -0.386. The summed E-state index contributed by atoms with van der Waals surface area (Å²) in [4.78, 5) is 30.1. The Kier molecular flexibility index (Phi) is 7.69. The van der Waals surface area contributed by atoms with Crippen LogP contribution in [0, 0.1) is 24.7 Å². The highest BCUT2D eigenvalue weighted by atomic mass is 16.5. The van der Waals surface area contributed by atoms with E-state index in [1.165, 1.54) is 11.1 Å². The van der Waals surface area contributed by atoms with Crippen molar-refractivity contribution in [3.05, 3.63) is 81.2 Å². The predicted octanol–water partition coefficient (Wildman–Crippen LogP) is 7.99. The van der Waals surface area contributed by atoms with Gasteiger partial charge in [0, 0.05) is 47.8 Å². The van der Waals surface area contributed by atoms with Gasteiger partial charge >= 0.3 is 0 Å². The zero-order chi connectivity index (χ0) is 29.7. The smallest absolute Gasteiger partial charge is 0.162 e. The van der Waals surface area contributed by atoms with E-state index in [2.05, 4.69) is 71.6 Å². The Bertz CT molecular complexity index is 1380. The van der Waals surface area contributed by atoms with E-state index in [1.54, 1.807) is 0 Å². The molecule has 1 heterocycles. The molecule has 0 unspecified atom stereocenters. The monoisotopic (exact) mass is 555 g/mol. The Balaban J connectivity index is 1.61. The first-order valence-corrected chi connectivity index (χ1v) is 15.1. The maximum Gasteiger partial charge on any atom is 0.162 e. The summed E-state index contributed by atoms with van der Waals surface area (Å²) in [5.41, 5.74) is 7.97. The number of ether oxygens (including phenoxy) is 2. The molecule has 0 saturated heterocycles. The number of aryl methyl sites for hydroxylation is 2. The van der Waals surface area contributed by atoms with Crippen molar-refractivity contribution in [3.8, 4) is 11.5 Å². The van der Waals surface area contributed by atoms with Gasteiger partial charge in [-0.1, -0.05) is 63.1 Å². The number of ketones is 2. The zero-order valence-corrected chi connectivity index (χ0v) is 26.1. The maximum absolute atomic E-state index is 13.9. The molecule has 218 valence electrons. The molecule has 0 bridgehead atoms. The van der Waals surface area contributed by atoms with E-state index >= 15 is 0 Å². The second kappa shape index (κ2) is 10.8. The third kappa shape index (κ3) is 5.73. The lowest BCUT2D eigenvalue weighted by molar-refractivity contribution is -0.119. The lowest BCUT2D eigenvalue weighted by Crippen LogP contribution is -2.44. The highest BCUT2D eigenvalue weighted by Gasteiger charge is 2.48. The van der Waals surface area contributed by atoms with Gasteiger partial charge in [0.1, 0.15) is 6.61 Å². The highest BCUT2D eigenvalue weighted by Crippen LogP contribution is 2.54. The van der Waals surface area contributed by atoms with Gasteiger partial charge in [0.25, 0.3) is 0 Å². The Morgan fingerprint density at radius 2 is 1.32 bits per heavy atom. The van der Waals surface area contributed by atoms with Crippen LogP contribution in [-0.4, -0.2) is 29.6 Å². The molecule has 0 N–H and O–H groups in total. The average molecular weight is 556 g/mol. The Morgan fingerprint density at radius 1 is 0.756 bits per heavy atom. The minimum Gasteiger partial charge on any atom is -0.490 e. The molecule has 0 saturated carbocycles. The van der Waals surface area contributed by atoms with Gasteiger partial charge in [-0.3, -0.25) is 9.59 Å². The molecule has 0 spiro atoms. The molecular formula is C36H45NO4. The molecule has 2 aromatic rings. The molecule has 5 nitrogen and oxygen atoms in total. The molecule has 0 amide bonds. The Morgan fingerprint density at radius 3 is 1.83 bits per heavy atom. The van der Waals surface area contributed by atoms with E-state index in [0.717, 1.165) is 53.1 Å². The second-order valence-corrected chi connectivity index (χ2v) is 13.7. The lowest BCUT2D eigenvalue weighted by Gasteiger charge is -2.48. The van der Waals surface area contributed by atoms with Gasteiger partial charge < -0.3 is 14.4 Å². The maximum atomic E-state index is 13.9. The Labute approximate surface area is 245 Å². The topological polar surface area (TPSA) is 55.8 Å². The highest BCUT2D eigenvalue weighted by molar-refractivity contribution is 6.06. The fourth-order valence-electron chi connectivity index (χ4n) is 7.17. The van der Waals surface area contributed by atoms with Crippen molar-refractivity contribution in [3.63, 3.8) is 0 Å². The van der Waals surface area contributed by atoms with Crippen LogP contribution in [0.2, 0.25) is 0 Å². The number of carbonyl (C=O) groups excluding carboxylic acids is 2. The first kappa shape index (κ1) is 29.2. The summed E-state index contributed by atoms with van der Waals surface area (Å²) < 4.78 is 12.4. The van der Waals surface area contributed by atoms with E-state index in [-0.39, 0.29) is 28.3 Å². The molecule has 1 aliphatic heterocycles. The van der Waals surface area contributed by atoms with Gasteiger partial charge in [0.05, 0.1) is 6.61 Å². The minimum absolute atomic E-state index is 0.123. The molecule has 5 rings (SSSR count). The van der Waals surface area contributed by atoms with Crippen LogP contribution in [0.5, 0.6) is 11.5 Å². The first-order valence-electron chi connectivity index (χ1n) is 15.1. The molecule has 5 heteroatoms. The summed E-state index contributed by atoms with van der Waals surface area (Å²) in [6, 6.07) is 12.4. The zero-order valence-electron chi connectivity index (χ0n) is 26.1. The molecule has 0 radical (unpaired) electrons. The molecule has 0 atom stereocenters. The van der Waals surface area contributed by atoms with Crippen molar-refractivity contribution in [1.82, 2.24) is 4.90 Å². The van der Waals surface area contributed by atoms with E-state index in [9.17, 15) is 9.59 Å². The van der Waals surface area contributed by atoms with Gasteiger partial charge in [-0.15, -0.1) is 0 Å². The molecular weight excluding hydrogens is 510 g/mol. The Hall–Kier alpha value is -3.34. The van der Waals surface area contributed by atoms with Crippen molar-refractivity contribution in [2.75, 3.05) is 13.2 Å². The van der Waals surface area contributed by atoms with E-state index < -0.39 is 0 Å². The van der Waals surface area contributed by atoms with Crippen molar-refractivity contribution in [2.24, 2.45) is 10.8 Å². The van der Waals surface area contributed by atoms with Crippen molar-refractivity contribution < 1.29 is 19.1 Å². The number of hydrogen-bond donors (Lipinski definition) is 0. The number of carbonyl (C=O) groups is 2. The van der Waals surface area contributed by atoms with E-state index in [0.29, 0.717) is 37.6 Å². The normalized spacial score (nSPS) is 20.2. The summed E-state index contributed by atoms with van der Waals surface area (Å²) in [6.45, 7) is 18.6. The third-order valence-corrected chi connectivity index (χ3v) is 8.61. The van der Waals surface area contributed by atoms with E-state index in [1.807, 2.05) is 25.1 Å². The second-order valence-electron chi connectivity index (χ2n) is 13.7. The van der Waals surface area contributed by atoms with Crippen LogP contribution >= 0.6 is 0 Å². The quantitative estimate of drug-likeness (QED) is 0.347. The lowest BCUT2D eigenvalue weighted by atomic mass is 9.63. The predicted molar refractivity (Wildman–Crippen MR) is 163 cm³/mol. The molecule has 2 aliphatic carbocycles. The fourth-order valence-corrected chi connectivity index (χ4v) is 7.17. The first-order chi connectivity index (χ1) is 19.3. The van der Waals surface area contributed by atoms with Crippen molar-refractivity contribution in [2.45, 2.75) is 93.6 Å². The van der Waals surface area contributed by atoms with Gasteiger partial charge in [-0.05, 0) is 74.6 Å². The van der Waals surface area contributed by atoms with Crippen LogP contribution in [0.1, 0.15) is 95.4 Å². The summed E-state index contributed by atoms with van der Waals surface area (Å²) in [5.74, 6) is 1.22. The van der Waals surface area contributed by atoms with Crippen LogP contribution in [0.3, 0.4) is 0 Å². The number of rotatable bonds is 7. The molecule has 3 aliphatic rings. The number of Topliss-reactive ketones (excluding diaryl/α,β-unsaturated/α-hetero) is 2. The van der Waals surface area contributed by atoms with Crippen molar-refractivity contribution in [1.29, 1.82) is 0 Å². The molecule has 0 fully saturated rings. The van der Waals surface area contributed by atoms with E-state index in [4.69, 9.17) is 9.47 Å². The molecule has 0 aromatic heterocycles. The number of nitrogens with zero attached hydrogens (tertiary/aromatic N) is 1. The summed E-state index contributed by atoms with van der Waals surface area (Å²) >= 11 is 0. The van der Waals surface area contributed by atoms with Crippen LogP contribution in [-0.2, 0) is 16.2 Å². The van der Waals surface area contributed by atoms with Gasteiger partial charge in [-0.2, -0.15) is 0 Å². The van der Waals surface area contributed by atoms with Crippen LogP contribution in [0.25, 0.3) is 0 Å². The average Bonchev–Trinajstić information content (AvgIpc) is 2.85. The number of hydrogen-bond acceptors (Lipinski definition) is 5. The number of benzene rings is 2. The van der Waals surface area contributed by atoms with Gasteiger partial charge in [-0.25, -0.2) is 0 Å². The largest absolute Gasteiger partial charge is 0.490 e. The van der Waals surface area contributed by atoms with Crippen LogP contribution in [0.4, 0.5) is 0 Å². The SMILES string of the molecule is CCOc1cc(C2C3=C(CC(C)(C)CC3=O)N(CC)C3=C2C(=O)CC(C)(C)C3)ccc1OCc1cc(C)cc(C)c1. The van der Waals surface area contributed by atoms with Gasteiger partial charge in [0.2, 0.25) is 0 Å². The van der Waals surface area contributed by atoms with Crippen LogP contribution in [0.15, 0.2) is 58.9 Å². The third-order valence-electron chi connectivity index (χ3n) is 8.61. The molecule has 2 aromatic carbocycles. The fraction of sp³-hybridized carbons (Fsp3) is 0.500. The standard InChI is InChI=1S/C36H45NO4/c1-9-37-26-17-35(5,6)19-28(38)33(26)32(34-27(37)18-36(7,8)20-29(34)39)25-11-12-30(31(16-25)40-10-2)41-21-24-14-22(3)13-23(4)15-24/h11-16,32H,9-10,17-21H2,1-8H3. The van der Waals surface area contributed by atoms with Crippen molar-refractivity contribution >= 4 is 11.6 Å². The summed E-state index contributed by atoms with van der Waals surface area (Å²) in [6.07, 6.45) is 2.60. The number of allylic oxidation sites excluding steroid dienone is 4. The molecule has 41 heavy (non-hydrogen) atoms. The van der Waals surface area contributed by atoms with Crippen LogP contribution < -0.4 is 9.47 Å².